The number of nitrogen functional groups attached to an aromatic ring is 1. The second-order valence-electron chi connectivity index (χ2n) is 7.22. The van der Waals surface area contributed by atoms with E-state index < -0.39 is 0 Å². The van der Waals surface area contributed by atoms with Crippen LogP contribution >= 0.6 is 23.2 Å². The fourth-order valence-electron chi connectivity index (χ4n) is 3.49. The van der Waals surface area contributed by atoms with Gasteiger partial charge in [-0.25, -0.2) is 9.97 Å². The highest BCUT2D eigenvalue weighted by atomic mass is 35.5. The first-order valence-corrected chi connectivity index (χ1v) is 10.6. The molecule has 7 heteroatoms. The maximum Gasteiger partial charge on any atom is 0.157 e. The van der Waals surface area contributed by atoms with Gasteiger partial charge in [0.05, 0.1) is 0 Å². The third kappa shape index (κ3) is 5.13. The Hall–Kier alpha value is -3.15. The Bertz CT molecular complexity index is 1300. The van der Waals surface area contributed by atoms with Crippen molar-refractivity contribution in [2.24, 2.45) is 0 Å². The summed E-state index contributed by atoms with van der Waals surface area (Å²) in [5.74, 6) is 0.189. The molecule has 0 saturated heterocycles. The van der Waals surface area contributed by atoms with E-state index in [-0.39, 0.29) is 5.78 Å². The Kier molecular flexibility index (Phi) is 6.35. The van der Waals surface area contributed by atoms with Crippen LogP contribution in [-0.2, 0) is 4.79 Å². The van der Waals surface area contributed by atoms with Gasteiger partial charge in [-0.3, -0.25) is 4.79 Å². The molecule has 0 unspecified atom stereocenters. The number of carbonyl (C=O) groups excluding carboxylic acids is 1. The van der Waals surface area contributed by atoms with E-state index in [1.54, 1.807) is 24.5 Å². The van der Waals surface area contributed by atoms with Gasteiger partial charge in [-0.05, 0) is 37.1 Å². The molecule has 31 heavy (non-hydrogen) atoms. The van der Waals surface area contributed by atoms with Crippen molar-refractivity contribution < 1.29 is 4.79 Å². The van der Waals surface area contributed by atoms with Gasteiger partial charge in [0, 0.05) is 63.5 Å². The van der Waals surface area contributed by atoms with Gasteiger partial charge >= 0.3 is 0 Å². The van der Waals surface area contributed by atoms with Crippen LogP contribution in [0.4, 0.5) is 11.4 Å². The minimum absolute atomic E-state index is 0.189. The van der Waals surface area contributed by atoms with Crippen LogP contribution in [0.15, 0.2) is 72.7 Å². The normalized spacial score (nSPS) is 13.5. The fourth-order valence-corrected chi connectivity index (χ4v) is 3.80. The van der Waals surface area contributed by atoms with Gasteiger partial charge in [-0.15, -0.1) is 0 Å². The molecule has 0 amide bonds. The van der Waals surface area contributed by atoms with E-state index in [1.807, 2.05) is 42.5 Å². The van der Waals surface area contributed by atoms with Crippen LogP contribution in [0.5, 0.6) is 0 Å². The number of aromatic nitrogens is 2. The summed E-state index contributed by atoms with van der Waals surface area (Å²) < 4.78 is 0. The summed E-state index contributed by atoms with van der Waals surface area (Å²) in [4.78, 5) is 19.5. The SMILES string of the molecule is Nc1cccc2cnc(Cl)cc12.O=C1C=C(Nc2cccc3cnc(Cl)cc23)CCC1. The van der Waals surface area contributed by atoms with E-state index in [1.165, 1.54) is 0 Å². The molecule has 0 atom stereocenters. The number of anilines is 2. The highest BCUT2D eigenvalue weighted by molar-refractivity contribution is 6.30. The predicted molar refractivity (Wildman–Crippen MR) is 128 cm³/mol. The highest BCUT2D eigenvalue weighted by Crippen LogP contribution is 2.28. The van der Waals surface area contributed by atoms with Crippen LogP contribution < -0.4 is 11.1 Å². The third-order valence-electron chi connectivity index (χ3n) is 4.99. The summed E-state index contributed by atoms with van der Waals surface area (Å²) in [7, 11) is 0. The standard InChI is InChI=1S/C15H13ClN2O.C9H7ClN2/c16-15-8-13-10(9-17-15)3-1-6-14(13)18-11-4-2-5-12(19)7-11;10-9-4-7-6(5-12-9)2-1-3-8(7)11/h1,3,6-9,18H,2,4-5H2;1-5H,11H2. The van der Waals surface area contributed by atoms with Crippen LogP contribution in [0.1, 0.15) is 19.3 Å². The Morgan fingerprint density at radius 1 is 0.871 bits per heavy atom. The lowest BCUT2D eigenvalue weighted by molar-refractivity contribution is -0.115. The predicted octanol–water partition coefficient (Wildman–Crippen LogP) is 6.41. The van der Waals surface area contributed by atoms with E-state index >= 15 is 0 Å². The average molecular weight is 451 g/mol. The topological polar surface area (TPSA) is 80.9 Å². The van der Waals surface area contributed by atoms with E-state index in [2.05, 4.69) is 15.3 Å². The molecule has 156 valence electrons. The first-order valence-electron chi connectivity index (χ1n) is 9.84. The Morgan fingerprint density at radius 3 is 2.23 bits per heavy atom. The average Bonchev–Trinajstić information content (AvgIpc) is 2.75. The molecular weight excluding hydrogens is 431 g/mol. The number of pyridine rings is 2. The summed E-state index contributed by atoms with van der Waals surface area (Å²) >= 11 is 11.7. The molecule has 5 nitrogen and oxygen atoms in total. The number of hydrogen-bond acceptors (Lipinski definition) is 5. The lowest BCUT2D eigenvalue weighted by Crippen LogP contribution is -2.09. The van der Waals surface area contributed by atoms with Crippen molar-refractivity contribution in [1.29, 1.82) is 0 Å². The maximum absolute atomic E-state index is 11.4. The van der Waals surface area contributed by atoms with E-state index in [9.17, 15) is 4.79 Å². The Morgan fingerprint density at radius 2 is 1.52 bits per heavy atom. The first-order chi connectivity index (χ1) is 15.0. The number of nitrogens with zero attached hydrogens (tertiary/aromatic N) is 2. The van der Waals surface area contributed by atoms with Crippen molar-refractivity contribution in [1.82, 2.24) is 9.97 Å². The monoisotopic (exact) mass is 450 g/mol. The van der Waals surface area contributed by atoms with Crippen molar-refractivity contribution in [2.45, 2.75) is 19.3 Å². The summed E-state index contributed by atoms with van der Waals surface area (Å²) in [5, 5.41) is 8.29. The smallest absolute Gasteiger partial charge is 0.157 e. The second kappa shape index (κ2) is 9.33. The van der Waals surface area contributed by atoms with Crippen molar-refractivity contribution in [2.75, 3.05) is 11.1 Å². The lowest BCUT2D eigenvalue weighted by Gasteiger charge is -2.16. The van der Waals surface area contributed by atoms with Gasteiger partial charge in [0.15, 0.2) is 5.78 Å². The van der Waals surface area contributed by atoms with Gasteiger partial charge in [-0.1, -0.05) is 47.5 Å². The van der Waals surface area contributed by atoms with Crippen molar-refractivity contribution in [3.05, 3.63) is 83.0 Å². The summed E-state index contributed by atoms with van der Waals surface area (Å²) in [6, 6.07) is 15.2. The molecule has 2 aromatic carbocycles. The van der Waals surface area contributed by atoms with Crippen molar-refractivity contribution in [3.63, 3.8) is 0 Å². The van der Waals surface area contributed by atoms with E-state index in [0.29, 0.717) is 16.7 Å². The first kappa shape index (κ1) is 21.1. The number of nitrogens with two attached hydrogens (primary N) is 1. The number of nitrogens with one attached hydrogen (secondary N) is 1. The number of halogens is 2. The third-order valence-corrected chi connectivity index (χ3v) is 5.41. The number of fused-ring (bicyclic) bond motifs is 2. The molecular formula is C24H20Cl2N4O. The van der Waals surface area contributed by atoms with Gasteiger partial charge in [0.2, 0.25) is 0 Å². The number of ketones is 1. The summed E-state index contributed by atoms with van der Waals surface area (Å²) in [6.45, 7) is 0. The van der Waals surface area contributed by atoms with Crippen LogP contribution in [0.25, 0.3) is 21.5 Å². The van der Waals surface area contributed by atoms with Crippen LogP contribution in [0.2, 0.25) is 10.3 Å². The molecule has 0 spiro atoms. The van der Waals surface area contributed by atoms with Gasteiger partial charge in [-0.2, -0.15) is 0 Å². The molecule has 1 aliphatic carbocycles. The minimum Gasteiger partial charge on any atom is -0.398 e. The Labute approximate surface area is 189 Å². The van der Waals surface area contributed by atoms with Crippen molar-refractivity contribution in [3.8, 4) is 0 Å². The summed E-state index contributed by atoms with van der Waals surface area (Å²) in [6.07, 6.45) is 7.63. The maximum atomic E-state index is 11.4. The van der Waals surface area contributed by atoms with Gasteiger partial charge in [0.25, 0.3) is 0 Å². The number of benzene rings is 2. The number of rotatable bonds is 2. The second-order valence-corrected chi connectivity index (χ2v) is 8.00. The van der Waals surface area contributed by atoms with Crippen LogP contribution in [-0.4, -0.2) is 15.8 Å². The lowest BCUT2D eigenvalue weighted by atomic mass is 10.0. The minimum atomic E-state index is 0.189. The molecule has 2 heterocycles. The Balaban J connectivity index is 0.000000166. The number of carbonyl (C=O) groups is 1. The zero-order valence-corrected chi connectivity index (χ0v) is 18.1. The number of allylic oxidation sites excluding steroid dienone is 2. The molecule has 0 saturated carbocycles. The van der Waals surface area contributed by atoms with E-state index in [4.69, 9.17) is 28.9 Å². The molecule has 1 aliphatic rings. The van der Waals surface area contributed by atoms with Crippen LogP contribution in [0.3, 0.4) is 0 Å². The molecule has 2 aromatic heterocycles. The molecule has 0 radical (unpaired) electrons. The number of hydrogen-bond donors (Lipinski definition) is 2. The summed E-state index contributed by atoms with van der Waals surface area (Å²) in [5.41, 5.74) is 8.40. The zero-order chi connectivity index (χ0) is 21.8. The van der Waals surface area contributed by atoms with Gasteiger partial charge in [0.1, 0.15) is 10.3 Å². The quantitative estimate of drug-likeness (QED) is 0.272. The highest BCUT2D eigenvalue weighted by Gasteiger charge is 2.11. The molecule has 5 rings (SSSR count). The largest absolute Gasteiger partial charge is 0.398 e. The van der Waals surface area contributed by atoms with Gasteiger partial charge < -0.3 is 11.1 Å². The van der Waals surface area contributed by atoms with Crippen molar-refractivity contribution >= 4 is 61.9 Å². The fraction of sp³-hybridized carbons (Fsp3) is 0.125. The zero-order valence-electron chi connectivity index (χ0n) is 16.6. The van der Waals surface area contributed by atoms with Crippen LogP contribution in [0, 0.1) is 0 Å². The molecule has 0 fully saturated rings. The van der Waals surface area contributed by atoms with E-state index in [0.717, 1.165) is 51.5 Å². The molecule has 0 aliphatic heterocycles. The molecule has 4 aromatic rings. The molecule has 0 bridgehead atoms. The molecule has 3 N–H and O–H groups in total.